The first-order chi connectivity index (χ1) is 8.47. The zero-order chi connectivity index (χ0) is 13.3. The molecule has 0 amide bonds. The number of rotatable bonds is 3. The van der Waals surface area contributed by atoms with Crippen LogP contribution in [0.5, 0.6) is 0 Å². The van der Waals surface area contributed by atoms with Crippen molar-refractivity contribution in [3.8, 4) is 0 Å². The minimum absolute atomic E-state index is 0.0946. The van der Waals surface area contributed by atoms with E-state index in [0.717, 1.165) is 19.3 Å². The summed E-state index contributed by atoms with van der Waals surface area (Å²) in [7, 11) is 0. The zero-order valence-corrected chi connectivity index (χ0v) is 11.5. The van der Waals surface area contributed by atoms with Gasteiger partial charge in [-0.15, -0.1) is 0 Å². The monoisotopic (exact) mass is 316 g/mol. The highest BCUT2D eigenvalue weighted by Gasteiger charge is 2.25. The van der Waals surface area contributed by atoms with Gasteiger partial charge in [-0.3, -0.25) is 10.1 Å². The van der Waals surface area contributed by atoms with Gasteiger partial charge in [0, 0.05) is 18.2 Å². The number of halogens is 2. The van der Waals surface area contributed by atoms with Crippen molar-refractivity contribution >= 4 is 27.3 Å². The molecule has 4 nitrogen and oxygen atoms in total. The van der Waals surface area contributed by atoms with Crippen molar-refractivity contribution in [1.82, 2.24) is 0 Å². The number of nitro groups is 1. The molecule has 0 bridgehead atoms. The molecule has 0 aromatic heterocycles. The zero-order valence-electron chi connectivity index (χ0n) is 9.95. The summed E-state index contributed by atoms with van der Waals surface area (Å²) in [6, 6.07) is 2.58. The summed E-state index contributed by atoms with van der Waals surface area (Å²) in [5, 5.41) is 14.0. The fraction of sp³-hybridized carbons (Fsp3) is 0.500. The fourth-order valence-electron chi connectivity index (χ4n) is 2.36. The Balaban J connectivity index is 2.25. The average molecular weight is 317 g/mol. The predicted octanol–water partition coefficient (Wildman–Crippen LogP) is 4.10. The highest BCUT2D eigenvalue weighted by Crippen LogP contribution is 2.34. The Labute approximate surface area is 113 Å². The molecule has 6 heteroatoms. The van der Waals surface area contributed by atoms with E-state index in [4.69, 9.17) is 0 Å². The second-order valence-corrected chi connectivity index (χ2v) is 5.65. The molecule has 0 radical (unpaired) electrons. The van der Waals surface area contributed by atoms with Crippen molar-refractivity contribution in [3.63, 3.8) is 0 Å². The topological polar surface area (TPSA) is 55.2 Å². The van der Waals surface area contributed by atoms with Gasteiger partial charge in [-0.25, -0.2) is 4.39 Å². The van der Waals surface area contributed by atoms with Crippen LogP contribution in [0, 0.1) is 21.8 Å². The summed E-state index contributed by atoms with van der Waals surface area (Å²) in [5.41, 5.74) is 0.169. The van der Waals surface area contributed by atoms with Gasteiger partial charge in [-0.05, 0) is 41.1 Å². The molecular weight excluding hydrogens is 303 g/mol. The average Bonchev–Trinajstić information content (AvgIpc) is 2.68. The molecule has 0 saturated heterocycles. The van der Waals surface area contributed by atoms with E-state index in [0.29, 0.717) is 5.92 Å². The van der Waals surface area contributed by atoms with Crippen LogP contribution in [0.4, 0.5) is 15.8 Å². The Morgan fingerprint density at radius 1 is 1.50 bits per heavy atom. The third-order valence-corrected chi connectivity index (χ3v) is 3.90. The summed E-state index contributed by atoms with van der Waals surface area (Å²) in [6.45, 7) is 2.15. The quantitative estimate of drug-likeness (QED) is 0.674. The van der Waals surface area contributed by atoms with E-state index < -0.39 is 10.7 Å². The van der Waals surface area contributed by atoms with Crippen LogP contribution in [0.1, 0.15) is 26.2 Å². The Kier molecular flexibility index (Phi) is 3.85. The van der Waals surface area contributed by atoms with Gasteiger partial charge < -0.3 is 5.32 Å². The number of anilines is 1. The number of nitro benzene ring substituents is 1. The Morgan fingerprint density at radius 2 is 2.22 bits per heavy atom. The van der Waals surface area contributed by atoms with E-state index in [-0.39, 0.29) is 21.9 Å². The summed E-state index contributed by atoms with van der Waals surface area (Å²) >= 11 is 2.96. The lowest BCUT2D eigenvalue weighted by Gasteiger charge is -2.14. The lowest BCUT2D eigenvalue weighted by molar-refractivity contribution is -0.384. The summed E-state index contributed by atoms with van der Waals surface area (Å²) in [4.78, 5) is 10.5. The van der Waals surface area contributed by atoms with Gasteiger partial charge in [0.1, 0.15) is 11.5 Å². The largest absolute Gasteiger partial charge is 0.377 e. The van der Waals surface area contributed by atoms with Crippen LogP contribution in [0.2, 0.25) is 0 Å². The molecule has 98 valence electrons. The molecule has 1 fully saturated rings. The molecule has 1 aromatic rings. The lowest BCUT2D eigenvalue weighted by atomic mass is 10.1. The minimum atomic E-state index is -0.495. The first kappa shape index (κ1) is 13.3. The van der Waals surface area contributed by atoms with Crippen LogP contribution in [0.15, 0.2) is 16.6 Å². The van der Waals surface area contributed by atoms with E-state index >= 15 is 0 Å². The van der Waals surface area contributed by atoms with Gasteiger partial charge in [0.25, 0.3) is 5.69 Å². The first-order valence-corrected chi connectivity index (χ1v) is 6.66. The Hall–Kier alpha value is -1.17. The molecule has 1 aliphatic rings. The number of hydrogen-bond donors (Lipinski definition) is 1. The highest BCUT2D eigenvalue weighted by molar-refractivity contribution is 9.10. The normalized spacial score (nSPS) is 23.1. The van der Waals surface area contributed by atoms with Gasteiger partial charge in [0.05, 0.1) is 9.40 Å². The van der Waals surface area contributed by atoms with E-state index in [2.05, 4.69) is 28.2 Å². The second kappa shape index (κ2) is 5.22. The standard InChI is InChI=1S/C12H14BrFN2O2/c1-7-2-3-8(4-7)15-11-6-10(14)9(13)5-12(11)16(17)18/h5-8,15H,2-4H2,1H3. The molecule has 18 heavy (non-hydrogen) atoms. The molecule has 1 saturated carbocycles. The number of benzene rings is 1. The van der Waals surface area contributed by atoms with Gasteiger partial charge in [0.15, 0.2) is 0 Å². The molecule has 0 spiro atoms. The van der Waals surface area contributed by atoms with Crippen molar-refractivity contribution in [2.75, 3.05) is 5.32 Å². The van der Waals surface area contributed by atoms with Crippen molar-refractivity contribution in [2.24, 2.45) is 5.92 Å². The maximum absolute atomic E-state index is 13.5. The molecule has 2 atom stereocenters. The molecular formula is C12H14BrFN2O2. The van der Waals surface area contributed by atoms with E-state index in [1.54, 1.807) is 0 Å². The van der Waals surface area contributed by atoms with Gasteiger partial charge >= 0.3 is 0 Å². The molecule has 1 N–H and O–H groups in total. The predicted molar refractivity (Wildman–Crippen MR) is 71.2 cm³/mol. The van der Waals surface area contributed by atoms with Crippen LogP contribution in [0.25, 0.3) is 0 Å². The second-order valence-electron chi connectivity index (χ2n) is 4.80. The highest BCUT2D eigenvalue weighted by atomic mass is 79.9. The molecule has 1 aromatic carbocycles. The Bertz CT molecular complexity index is 481. The lowest BCUT2D eigenvalue weighted by Crippen LogP contribution is -2.16. The van der Waals surface area contributed by atoms with E-state index in [1.165, 1.54) is 12.1 Å². The number of hydrogen-bond acceptors (Lipinski definition) is 3. The molecule has 2 unspecified atom stereocenters. The number of nitrogens with one attached hydrogen (secondary N) is 1. The van der Waals surface area contributed by atoms with Crippen LogP contribution in [0.3, 0.4) is 0 Å². The van der Waals surface area contributed by atoms with Crippen LogP contribution < -0.4 is 5.32 Å². The maximum Gasteiger partial charge on any atom is 0.293 e. The van der Waals surface area contributed by atoms with Gasteiger partial charge in [-0.1, -0.05) is 6.92 Å². The van der Waals surface area contributed by atoms with Gasteiger partial charge in [-0.2, -0.15) is 0 Å². The van der Waals surface area contributed by atoms with Crippen LogP contribution in [-0.2, 0) is 0 Å². The van der Waals surface area contributed by atoms with Gasteiger partial charge in [0.2, 0.25) is 0 Å². The first-order valence-electron chi connectivity index (χ1n) is 5.87. The SMILES string of the molecule is CC1CCC(Nc2cc(F)c(Br)cc2[N+](=O)[O-])C1. The van der Waals surface area contributed by atoms with Crippen molar-refractivity contribution in [3.05, 3.63) is 32.5 Å². The number of nitrogens with zero attached hydrogens (tertiary/aromatic N) is 1. The van der Waals surface area contributed by atoms with Crippen molar-refractivity contribution in [1.29, 1.82) is 0 Å². The molecule has 0 aliphatic heterocycles. The van der Waals surface area contributed by atoms with Crippen LogP contribution in [-0.4, -0.2) is 11.0 Å². The smallest absolute Gasteiger partial charge is 0.293 e. The Morgan fingerprint density at radius 3 is 2.78 bits per heavy atom. The summed E-state index contributed by atoms with van der Waals surface area (Å²) in [5.74, 6) is 0.121. The van der Waals surface area contributed by atoms with Crippen molar-refractivity contribution < 1.29 is 9.31 Å². The molecule has 2 rings (SSSR count). The molecule has 0 heterocycles. The third-order valence-electron chi connectivity index (χ3n) is 3.29. The summed E-state index contributed by atoms with van der Waals surface area (Å²) in [6.07, 6.45) is 3.04. The van der Waals surface area contributed by atoms with Crippen LogP contribution >= 0.6 is 15.9 Å². The van der Waals surface area contributed by atoms with E-state index in [1.807, 2.05) is 0 Å². The molecule has 1 aliphatic carbocycles. The minimum Gasteiger partial charge on any atom is -0.377 e. The van der Waals surface area contributed by atoms with Crippen molar-refractivity contribution in [2.45, 2.75) is 32.2 Å². The third kappa shape index (κ3) is 2.80. The summed E-state index contributed by atoms with van der Waals surface area (Å²) < 4.78 is 13.6. The van der Waals surface area contributed by atoms with E-state index in [9.17, 15) is 14.5 Å². The fourth-order valence-corrected chi connectivity index (χ4v) is 2.69. The maximum atomic E-state index is 13.5.